The lowest BCUT2D eigenvalue weighted by Gasteiger charge is -2.37. The van der Waals surface area contributed by atoms with Crippen molar-refractivity contribution in [3.8, 4) is 0 Å². The van der Waals surface area contributed by atoms with Crippen LogP contribution in [0.4, 0.5) is 5.13 Å². The minimum atomic E-state index is -0.792. The molecule has 1 fully saturated rings. The molecule has 2 heterocycles. The molecule has 0 radical (unpaired) electrons. The van der Waals surface area contributed by atoms with Crippen molar-refractivity contribution in [1.29, 1.82) is 0 Å². The molecular weight excluding hydrogens is 441 g/mol. The summed E-state index contributed by atoms with van der Waals surface area (Å²) in [7, 11) is 1.28. The number of aromatic nitrogens is 1. The van der Waals surface area contributed by atoms with Gasteiger partial charge in [0.05, 0.1) is 6.04 Å². The Labute approximate surface area is 179 Å². The average Bonchev–Trinajstić information content (AvgIpc) is 3.16. The van der Waals surface area contributed by atoms with Crippen LogP contribution in [-0.4, -0.2) is 47.4 Å². The second-order valence-corrected chi connectivity index (χ2v) is 7.39. The van der Waals surface area contributed by atoms with Gasteiger partial charge in [-0.1, -0.05) is 28.9 Å². The van der Waals surface area contributed by atoms with Crippen molar-refractivity contribution in [3.05, 3.63) is 45.9 Å². The van der Waals surface area contributed by atoms with Gasteiger partial charge in [-0.25, -0.2) is 4.98 Å². The summed E-state index contributed by atoms with van der Waals surface area (Å²) in [5, 5.41) is 13.9. The first-order chi connectivity index (χ1) is 13.9. The molecular formula is C17H15Cl2N5O4S. The van der Waals surface area contributed by atoms with E-state index >= 15 is 0 Å². The number of nitrogens with zero attached hydrogens (tertiary/aromatic N) is 2. The highest BCUT2D eigenvalue weighted by molar-refractivity contribution is 7.14. The van der Waals surface area contributed by atoms with Gasteiger partial charge in [0, 0.05) is 10.4 Å². The Hall–Kier alpha value is -2.69. The summed E-state index contributed by atoms with van der Waals surface area (Å²) in [6.07, 6.45) is 0. The van der Waals surface area contributed by atoms with E-state index < -0.39 is 23.9 Å². The van der Waals surface area contributed by atoms with E-state index in [0.717, 1.165) is 16.9 Å². The van der Waals surface area contributed by atoms with E-state index in [4.69, 9.17) is 28.0 Å². The fraction of sp³-hybridized carbons (Fsp3) is 0.235. The molecule has 0 spiro atoms. The second-order valence-electron chi connectivity index (χ2n) is 5.83. The second kappa shape index (κ2) is 9.21. The first-order valence-electron chi connectivity index (χ1n) is 8.22. The number of β-lactam (4-membered cyclic amide) rings is 1. The number of nitrogens with one attached hydrogen (secondary N) is 3. The molecule has 2 atom stereocenters. The van der Waals surface area contributed by atoms with Crippen LogP contribution in [0.1, 0.15) is 17.3 Å². The number of carbonyl (C=O) groups excluding carboxylic acids is 3. The van der Waals surface area contributed by atoms with Crippen LogP contribution >= 0.6 is 34.5 Å². The van der Waals surface area contributed by atoms with E-state index in [-0.39, 0.29) is 28.3 Å². The zero-order valence-corrected chi connectivity index (χ0v) is 17.3. The topological polar surface area (TPSA) is 122 Å². The summed E-state index contributed by atoms with van der Waals surface area (Å²) in [5.74, 6) is -1.63. The van der Waals surface area contributed by atoms with Gasteiger partial charge < -0.3 is 20.8 Å². The van der Waals surface area contributed by atoms with Gasteiger partial charge in [0.15, 0.2) is 10.8 Å². The predicted molar refractivity (Wildman–Crippen MR) is 109 cm³/mol. The molecule has 152 valence electrons. The number of oxime groups is 1. The van der Waals surface area contributed by atoms with Gasteiger partial charge in [-0.2, -0.15) is 0 Å². The number of anilines is 1. The third-order valence-corrected chi connectivity index (χ3v) is 5.19. The number of thiazole rings is 1. The van der Waals surface area contributed by atoms with Gasteiger partial charge in [-0.05, 0) is 17.7 Å². The van der Waals surface area contributed by atoms with E-state index in [1.54, 1.807) is 24.3 Å². The van der Waals surface area contributed by atoms with Gasteiger partial charge in [0.2, 0.25) is 11.8 Å². The van der Waals surface area contributed by atoms with Crippen molar-refractivity contribution < 1.29 is 19.2 Å². The lowest BCUT2D eigenvalue weighted by atomic mass is 9.91. The predicted octanol–water partition coefficient (Wildman–Crippen LogP) is 1.68. The van der Waals surface area contributed by atoms with Crippen LogP contribution < -0.4 is 16.0 Å². The third kappa shape index (κ3) is 4.84. The minimum Gasteiger partial charge on any atom is -0.398 e. The standard InChI is InChI=1S/C17H15Cl2N5O4S/c1-28-24-13(10-7-29-17(20-10)21-11(25)6-18)15(26)23-14-12(22-16(14)27)8-2-4-9(19)5-3-8/h2-5,7,12,14H,6H2,1H3,(H,22,27)(H,23,26)(H,20,21,25)/t12-,14+/m1/s1. The summed E-state index contributed by atoms with van der Waals surface area (Å²) < 4.78 is 0. The van der Waals surface area contributed by atoms with Gasteiger partial charge in [-0.15, -0.1) is 22.9 Å². The summed E-state index contributed by atoms with van der Waals surface area (Å²) in [5.41, 5.74) is 0.843. The van der Waals surface area contributed by atoms with E-state index in [1.807, 2.05) is 0 Å². The normalized spacial score (nSPS) is 18.4. The monoisotopic (exact) mass is 455 g/mol. The quantitative estimate of drug-likeness (QED) is 0.253. The molecule has 0 unspecified atom stereocenters. The Morgan fingerprint density at radius 3 is 2.69 bits per heavy atom. The minimum absolute atomic E-state index is 0.135. The molecule has 3 rings (SSSR count). The summed E-state index contributed by atoms with van der Waals surface area (Å²) >= 11 is 12.4. The molecule has 1 aliphatic rings. The molecule has 2 aromatic rings. The van der Waals surface area contributed by atoms with Crippen LogP contribution in [0.3, 0.4) is 0 Å². The van der Waals surface area contributed by atoms with Crippen molar-refractivity contribution >= 4 is 63.1 Å². The number of hydrogen-bond acceptors (Lipinski definition) is 7. The molecule has 1 aliphatic heterocycles. The number of halogens is 2. The Morgan fingerprint density at radius 2 is 2.07 bits per heavy atom. The highest BCUT2D eigenvalue weighted by Crippen LogP contribution is 2.26. The van der Waals surface area contributed by atoms with Gasteiger partial charge >= 0.3 is 0 Å². The van der Waals surface area contributed by atoms with Crippen LogP contribution in [0.2, 0.25) is 5.02 Å². The number of hydrogen-bond donors (Lipinski definition) is 3. The largest absolute Gasteiger partial charge is 0.398 e. The molecule has 0 bridgehead atoms. The lowest BCUT2D eigenvalue weighted by molar-refractivity contribution is -0.134. The molecule has 1 saturated heterocycles. The van der Waals surface area contributed by atoms with Crippen molar-refractivity contribution in [2.24, 2.45) is 5.16 Å². The maximum absolute atomic E-state index is 12.7. The van der Waals surface area contributed by atoms with Crippen molar-refractivity contribution in [1.82, 2.24) is 15.6 Å². The maximum Gasteiger partial charge on any atom is 0.276 e. The Kier molecular flexibility index (Phi) is 6.68. The van der Waals surface area contributed by atoms with E-state index in [2.05, 4.69) is 26.1 Å². The Morgan fingerprint density at radius 1 is 1.34 bits per heavy atom. The number of amides is 3. The Bertz CT molecular complexity index is 963. The molecule has 1 aromatic carbocycles. The molecule has 0 saturated carbocycles. The number of carbonyl (C=O) groups is 3. The lowest BCUT2D eigenvalue weighted by Crippen LogP contribution is -2.64. The van der Waals surface area contributed by atoms with Crippen molar-refractivity contribution in [2.45, 2.75) is 12.1 Å². The third-order valence-electron chi connectivity index (χ3n) is 3.94. The number of benzene rings is 1. The SMILES string of the molecule is CON=C(C(=O)N[C@@H]1C(=O)N[C@@H]1c1ccc(Cl)cc1)c1csc(NC(=O)CCl)n1. The molecule has 3 amide bonds. The molecule has 1 aromatic heterocycles. The average molecular weight is 456 g/mol. The zero-order chi connectivity index (χ0) is 21.0. The fourth-order valence-electron chi connectivity index (χ4n) is 2.57. The zero-order valence-electron chi connectivity index (χ0n) is 14.9. The molecule has 29 heavy (non-hydrogen) atoms. The molecule has 12 heteroatoms. The van der Waals surface area contributed by atoms with Crippen molar-refractivity contribution in [3.63, 3.8) is 0 Å². The van der Waals surface area contributed by atoms with Gasteiger partial charge in [-0.3, -0.25) is 14.4 Å². The first kappa shape index (κ1) is 21.0. The highest BCUT2D eigenvalue weighted by atomic mass is 35.5. The number of alkyl halides is 1. The number of rotatable bonds is 7. The van der Waals surface area contributed by atoms with Crippen molar-refractivity contribution in [2.75, 3.05) is 18.3 Å². The molecule has 3 N–H and O–H groups in total. The summed E-state index contributed by atoms with van der Waals surface area (Å²) in [4.78, 5) is 45.0. The smallest absolute Gasteiger partial charge is 0.276 e. The first-order valence-corrected chi connectivity index (χ1v) is 10.0. The van der Waals surface area contributed by atoms with E-state index in [9.17, 15) is 14.4 Å². The van der Waals surface area contributed by atoms with Crippen LogP contribution in [0.15, 0.2) is 34.8 Å². The Balaban J connectivity index is 1.74. The summed E-state index contributed by atoms with van der Waals surface area (Å²) in [6, 6.07) is 5.74. The molecule has 9 nitrogen and oxygen atoms in total. The van der Waals surface area contributed by atoms with Crippen LogP contribution in [-0.2, 0) is 19.2 Å². The van der Waals surface area contributed by atoms with E-state index in [0.29, 0.717) is 5.02 Å². The fourth-order valence-corrected chi connectivity index (χ4v) is 3.48. The molecule has 0 aliphatic carbocycles. The van der Waals surface area contributed by atoms with E-state index in [1.165, 1.54) is 12.5 Å². The summed E-state index contributed by atoms with van der Waals surface area (Å²) in [6.45, 7) is 0. The van der Waals surface area contributed by atoms with Crippen LogP contribution in [0, 0.1) is 0 Å². The van der Waals surface area contributed by atoms with Crippen LogP contribution in [0.5, 0.6) is 0 Å². The highest BCUT2D eigenvalue weighted by Gasteiger charge is 2.42. The van der Waals surface area contributed by atoms with Crippen LogP contribution in [0.25, 0.3) is 0 Å². The maximum atomic E-state index is 12.7. The van der Waals surface area contributed by atoms with Gasteiger partial charge in [0.25, 0.3) is 5.91 Å². The van der Waals surface area contributed by atoms with Gasteiger partial charge in [0.1, 0.15) is 24.7 Å².